The molecule has 2 heterocycles. The summed E-state index contributed by atoms with van der Waals surface area (Å²) in [4.78, 5) is 28.5. The monoisotopic (exact) mass is 383 g/mol. The molecule has 1 N–H and O–H groups in total. The highest BCUT2D eigenvalue weighted by Crippen LogP contribution is 2.31. The first kappa shape index (κ1) is 19.7. The van der Waals surface area contributed by atoms with Crippen LogP contribution in [0, 0.1) is 5.92 Å². The topological polar surface area (TPSA) is 52.7 Å². The van der Waals surface area contributed by atoms with Crippen LogP contribution in [0.25, 0.3) is 0 Å². The summed E-state index contributed by atoms with van der Waals surface area (Å²) >= 11 is 0. The molecule has 0 saturated carbocycles. The highest BCUT2D eigenvalue weighted by Gasteiger charge is 2.39. The third-order valence-corrected chi connectivity index (χ3v) is 5.29. The molecule has 3 rings (SSSR count). The number of alkyl halides is 3. The molecule has 27 heavy (non-hydrogen) atoms. The lowest BCUT2D eigenvalue weighted by atomic mass is 10.1. The van der Waals surface area contributed by atoms with Gasteiger partial charge in [-0.25, -0.2) is 0 Å². The van der Waals surface area contributed by atoms with Crippen molar-refractivity contribution in [1.29, 1.82) is 0 Å². The van der Waals surface area contributed by atoms with Gasteiger partial charge < -0.3 is 15.1 Å². The Kier molecular flexibility index (Phi) is 5.74. The highest BCUT2D eigenvalue weighted by atomic mass is 19.4. The summed E-state index contributed by atoms with van der Waals surface area (Å²) in [5.41, 5.74) is -0.313. The lowest BCUT2D eigenvalue weighted by molar-refractivity contribution is -0.137. The van der Waals surface area contributed by atoms with Crippen LogP contribution in [0.1, 0.15) is 30.4 Å². The van der Waals surface area contributed by atoms with Crippen molar-refractivity contribution in [2.75, 3.05) is 26.7 Å². The van der Waals surface area contributed by atoms with Gasteiger partial charge >= 0.3 is 6.18 Å². The van der Waals surface area contributed by atoms with E-state index >= 15 is 0 Å². The number of likely N-dealkylation sites (N-methyl/N-ethyl adjacent to an activating group) is 1. The fourth-order valence-electron chi connectivity index (χ4n) is 3.97. The smallest absolute Gasteiger partial charge is 0.338 e. The van der Waals surface area contributed by atoms with Gasteiger partial charge in [0.2, 0.25) is 11.8 Å². The van der Waals surface area contributed by atoms with Gasteiger partial charge in [-0.05, 0) is 37.6 Å². The minimum atomic E-state index is -4.42. The molecule has 0 aliphatic carbocycles. The van der Waals surface area contributed by atoms with Crippen LogP contribution in [0.5, 0.6) is 0 Å². The summed E-state index contributed by atoms with van der Waals surface area (Å²) in [5.74, 6) is -0.622. The van der Waals surface area contributed by atoms with Crippen LogP contribution in [0.3, 0.4) is 0 Å². The van der Waals surface area contributed by atoms with Crippen molar-refractivity contribution in [1.82, 2.24) is 15.1 Å². The van der Waals surface area contributed by atoms with E-state index in [4.69, 9.17) is 0 Å². The average molecular weight is 383 g/mol. The maximum absolute atomic E-state index is 12.9. The van der Waals surface area contributed by atoms with Crippen molar-refractivity contribution in [2.45, 2.75) is 38.0 Å². The van der Waals surface area contributed by atoms with E-state index in [1.165, 1.54) is 11.0 Å². The van der Waals surface area contributed by atoms with Crippen molar-refractivity contribution in [3.8, 4) is 0 Å². The van der Waals surface area contributed by atoms with Crippen LogP contribution < -0.4 is 5.32 Å². The molecule has 2 atom stereocenters. The van der Waals surface area contributed by atoms with Gasteiger partial charge in [0.15, 0.2) is 0 Å². The average Bonchev–Trinajstić information content (AvgIpc) is 3.21. The Morgan fingerprint density at radius 3 is 2.81 bits per heavy atom. The molecule has 0 aromatic heterocycles. The second kappa shape index (κ2) is 7.88. The van der Waals surface area contributed by atoms with E-state index in [0.29, 0.717) is 12.1 Å². The molecular formula is C19H24F3N3O2. The summed E-state index contributed by atoms with van der Waals surface area (Å²) in [6.07, 6.45) is -2.39. The van der Waals surface area contributed by atoms with Gasteiger partial charge in [0.1, 0.15) is 0 Å². The fourth-order valence-corrected chi connectivity index (χ4v) is 3.97. The molecule has 1 aromatic rings. The van der Waals surface area contributed by atoms with Crippen molar-refractivity contribution in [2.24, 2.45) is 5.92 Å². The minimum absolute atomic E-state index is 0.0207. The summed E-state index contributed by atoms with van der Waals surface area (Å²) in [7, 11) is 1.84. The molecule has 0 bridgehead atoms. The molecule has 0 radical (unpaired) electrons. The van der Waals surface area contributed by atoms with Crippen LogP contribution in [0.2, 0.25) is 0 Å². The normalized spacial score (nSPS) is 23.3. The molecule has 5 nitrogen and oxygen atoms in total. The van der Waals surface area contributed by atoms with E-state index in [1.807, 2.05) is 11.9 Å². The number of likely N-dealkylation sites (tertiary alicyclic amines) is 2. The second-order valence-corrected chi connectivity index (χ2v) is 7.26. The molecule has 2 aliphatic rings. The summed E-state index contributed by atoms with van der Waals surface area (Å²) in [6, 6.07) is 5.13. The third-order valence-electron chi connectivity index (χ3n) is 5.29. The number of nitrogens with zero attached hydrogens (tertiary/aromatic N) is 2. The standard InChI is InChI=1S/C19H24F3N3O2/c1-23-10-16-6-3-7-25(16)18(27)14-9-17(26)24(12-14)11-13-4-2-5-15(8-13)19(20,21)22/h2,4-5,8,14,16,23H,3,6-7,9-12H2,1H3. The van der Waals surface area contributed by atoms with Gasteiger partial charge in [-0.3, -0.25) is 9.59 Å². The van der Waals surface area contributed by atoms with E-state index in [1.54, 1.807) is 6.07 Å². The number of carbonyl (C=O) groups is 2. The number of benzene rings is 1. The van der Waals surface area contributed by atoms with Gasteiger partial charge in [-0.2, -0.15) is 13.2 Å². The number of carbonyl (C=O) groups excluding carboxylic acids is 2. The quantitative estimate of drug-likeness (QED) is 0.849. The van der Waals surface area contributed by atoms with Crippen LogP contribution in [-0.4, -0.2) is 54.3 Å². The van der Waals surface area contributed by atoms with Crippen molar-refractivity contribution in [3.63, 3.8) is 0 Å². The van der Waals surface area contributed by atoms with E-state index < -0.39 is 17.7 Å². The first-order valence-electron chi connectivity index (χ1n) is 9.18. The highest BCUT2D eigenvalue weighted by molar-refractivity contribution is 5.89. The van der Waals surface area contributed by atoms with E-state index in [0.717, 1.165) is 31.5 Å². The van der Waals surface area contributed by atoms with Gasteiger partial charge in [-0.1, -0.05) is 12.1 Å². The predicted octanol–water partition coefficient (Wildman–Crippen LogP) is 2.26. The largest absolute Gasteiger partial charge is 0.416 e. The summed E-state index contributed by atoms with van der Waals surface area (Å²) in [5, 5.41) is 3.09. The van der Waals surface area contributed by atoms with Crippen LogP contribution in [0.15, 0.2) is 24.3 Å². The van der Waals surface area contributed by atoms with Crippen LogP contribution >= 0.6 is 0 Å². The van der Waals surface area contributed by atoms with E-state index in [2.05, 4.69) is 5.32 Å². The Morgan fingerprint density at radius 1 is 1.33 bits per heavy atom. The number of halogens is 3. The fraction of sp³-hybridized carbons (Fsp3) is 0.579. The zero-order valence-corrected chi connectivity index (χ0v) is 15.3. The molecular weight excluding hydrogens is 359 g/mol. The molecule has 0 spiro atoms. The van der Waals surface area contributed by atoms with Crippen LogP contribution in [-0.2, 0) is 22.3 Å². The maximum Gasteiger partial charge on any atom is 0.416 e. The molecule has 1 aromatic carbocycles. The van der Waals surface area contributed by atoms with Gasteiger partial charge in [0.25, 0.3) is 0 Å². The lowest BCUT2D eigenvalue weighted by Crippen LogP contribution is -2.44. The number of hydrogen-bond acceptors (Lipinski definition) is 3. The van der Waals surface area contributed by atoms with Gasteiger partial charge in [0.05, 0.1) is 11.5 Å². The number of hydrogen-bond donors (Lipinski definition) is 1. The van der Waals surface area contributed by atoms with Crippen molar-refractivity contribution < 1.29 is 22.8 Å². The van der Waals surface area contributed by atoms with Crippen molar-refractivity contribution >= 4 is 11.8 Å². The zero-order valence-electron chi connectivity index (χ0n) is 15.3. The van der Waals surface area contributed by atoms with Crippen molar-refractivity contribution in [3.05, 3.63) is 35.4 Å². The Hall–Kier alpha value is -2.09. The summed E-state index contributed by atoms with van der Waals surface area (Å²) in [6.45, 7) is 1.77. The lowest BCUT2D eigenvalue weighted by Gasteiger charge is -2.27. The first-order chi connectivity index (χ1) is 12.8. The Morgan fingerprint density at radius 2 is 2.11 bits per heavy atom. The van der Waals surface area contributed by atoms with Gasteiger partial charge in [0, 0.05) is 38.6 Å². The number of nitrogens with one attached hydrogen (secondary N) is 1. The number of rotatable bonds is 5. The predicted molar refractivity (Wildman–Crippen MR) is 93.6 cm³/mol. The molecule has 2 saturated heterocycles. The number of amides is 2. The third kappa shape index (κ3) is 4.43. The molecule has 2 fully saturated rings. The SMILES string of the molecule is CNCC1CCCN1C(=O)C1CC(=O)N(Cc2cccc(C(F)(F)F)c2)C1. The molecule has 2 aliphatic heterocycles. The molecule has 2 unspecified atom stereocenters. The minimum Gasteiger partial charge on any atom is -0.338 e. The zero-order chi connectivity index (χ0) is 19.6. The Bertz CT molecular complexity index is 708. The Balaban J connectivity index is 1.65. The first-order valence-corrected chi connectivity index (χ1v) is 9.18. The van der Waals surface area contributed by atoms with E-state index in [9.17, 15) is 22.8 Å². The second-order valence-electron chi connectivity index (χ2n) is 7.26. The molecule has 8 heteroatoms. The summed E-state index contributed by atoms with van der Waals surface area (Å²) < 4.78 is 38.6. The van der Waals surface area contributed by atoms with E-state index in [-0.39, 0.29) is 37.4 Å². The maximum atomic E-state index is 12.9. The molecule has 2 amide bonds. The van der Waals surface area contributed by atoms with Gasteiger partial charge in [-0.15, -0.1) is 0 Å². The molecule has 148 valence electrons. The van der Waals surface area contributed by atoms with Crippen LogP contribution in [0.4, 0.5) is 13.2 Å². The Labute approximate surface area is 156 Å².